The smallest absolute Gasteiger partial charge is 0.258 e. The summed E-state index contributed by atoms with van der Waals surface area (Å²) < 4.78 is 27.2. The van der Waals surface area contributed by atoms with Crippen molar-refractivity contribution in [3.8, 4) is 0 Å². The average molecular weight is 296 g/mol. The van der Waals surface area contributed by atoms with E-state index in [-0.39, 0.29) is 9.90 Å². The van der Waals surface area contributed by atoms with E-state index in [2.05, 4.69) is 4.40 Å². The van der Waals surface area contributed by atoms with Gasteiger partial charge in [-0.1, -0.05) is 18.2 Å². The van der Waals surface area contributed by atoms with Crippen LogP contribution in [-0.4, -0.2) is 19.6 Å². The summed E-state index contributed by atoms with van der Waals surface area (Å²) in [4.78, 5) is 10.0. The van der Waals surface area contributed by atoms with E-state index < -0.39 is 14.9 Å². The molecule has 0 N–H and O–H groups in total. The van der Waals surface area contributed by atoms with Crippen LogP contribution in [0.3, 0.4) is 0 Å². The lowest BCUT2D eigenvalue weighted by Crippen LogP contribution is -1.95. The van der Waals surface area contributed by atoms with Gasteiger partial charge in [0.15, 0.2) is 0 Å². The lowest BCUT2D eigenvalue weighted by atomic mass is 10.2. The summed E-state index contributed by atoms with van der Waals surface area (Å²) in [6, 6.07) is 8.65. The Morgan fingerprint density at radius 3 is 2.68 bits per heavy atom. The second-order valence-electron chi connectivity index (χ2n) is 3.49. The molecule has 0 radical (unpaired) electrons. The molecule has 0 aliphatic rings. The number of nitrogens with zero attached hydrogens (tertiary/aromatic N) is 2. The Bertz CT molecular complexity index is 721. The van der Waals surface area contributed by atoms with Crippen LogP contribution in [-0.2, 0) is 10.0 Å². The normalized spacial score (nSPS) is 11.8. The van der Waals surface area contributed by atoms with Crippen LogP contribution in [0.15, 0.2) is 50.4 Å². The van der Waals surface area contributed by atoms with Crippen molar-refractivity contribution in [2.45, 2.75) is 4.21 Å². The van der Waals surface area contributed by atoms with Crippen LogP contribution in [0, 0.1) is 10.1 Å². The van der Waals surface area contributed by atoms with Crippen LogP contribution in [0.25, 0.3) is 0 Å². The minimum absolute atomic E-state index is 0.113. The molecule has 8 heteroatoms. The fourth-order valence-electron chi connectivity index (χ4n) is 1.31. The van der Waals surface area contributed by atoms with Crippen LogP contribution in [0.5, 0.6) is 0 Å². The highest BCUT2D eigenvalue weighted by molar-refractivity contribution is 7.92. The van der Waals surface area contributed by atoms with Crippen molar-refractivity contribution in [2.75, 3.05) is 0 Å². The predicted molar refractivity (Wildman–Crippen MR) is 72.2 cm³/mol. The van der Waals surface area contributed by atoms with Crippen molar-refractivity contribution in [1.29, 1.82) is 0 Å². The molecule has 0 saturated heterocycles. The minimum Gasteiger partial charge on any atom is -0.258 e. The van der Waals surface area contributed by atoms with Crippen LogP contribution < -0.4 is 0 Å². The van der Waals surface area contributed by atoms with E-state index >= 15 is 0 Å². The molecule has 0 atom stereocenters. The fraction of sp³-hybridized carbons (Fsp3) is 0. The number of thiophene rings is 1. The molecule has 98 valence electrons. The molecule has 1 aromatic carbocycles. The van der Waals surface area contributed by atoms with E-state index in [9.17, 15) is 18.5 Å². The predicted octanol–water partition coefficient (Wildman–Crippen LogP) is 2.46. The number of hydrogen-bond donors (Lipinski definition) is 0. The van der Waals surface area contributed by atoms with Gasteiger partial charge in [-0.25, -0.2) is 0 Å². The summed E-state index contributed by atoms with van der Waals surface area (Å²) in [7, 11) is -3.73. The highest BCUT2D eigenvalue weighted by atomic mass is 32.2. The summed E-state index contributed by atoms with van der Waals surface area (Å²) in [5, 5.41) is 12.2. The molecule has 2 rings (SSSR count). The first-order valence-corrected chi connectivity index (χ1v) is 7.39. The van der Waals surface area contributed by atoms with Crippen LogP contribution in [0.2, 0.25) is 0 Å². The molecule has 0 fully saturated rings. The van der Waals surface area contributed by atoms with Gasteiger partial charge in [0.1, 0.15) is 4.21 Å². The molecule has 1 aromatic heterocycles. The van der Waals surface area contributed by atoms with Crippen molar-refractivity contribution in [3.63, 3.8) is 0 Å². The number of nitro groups is 1. The first kappa shape index (κ1) is 13.4. The molecule has 0 unspecified atom stereocenters. The first-order chi connectivity index (χ1) is 8.99. The first-order valence-electron chi connectivity index (χ1n) is 5.07. The highest BCUT2D eigenvalue weighted by Gasteiger charge is 2.12. The molecule has 0 amide bonds. The maximum atomic E-state index is 11.8. The Morgan fingerprint density at radius 2 is 2.05 bits per heavy atom. The quantitative estimate of drug-likeness (QED) is 0.492. The molecule has 0 aliphatic carbocycles. The van der Waals surface area contributed by atoms with E-state index in [0.29, 0.717) is 5.56 Å². The molecular weight excluding hydrogens is 288 g/mol. The number of sulfonamides is 1. The third kappa shape index (κ3) is 3.24. The van der Waals surface area contributed by atoms with Gasteiger partial charge in [0, 0.05) is 23.9 Å². The lowest BCUT2D eigenvalue weighted by Gasteiger charge is -1.95. The highest BCUT2D eigenvalue weighted by Crippen LogP contribution is 2.18. The average Bonchev–Trinajstić information content (AvgIpc) is 2.91. The van der Waals surface area contributed by atoms with E-state index in [1.807, 2.05) is 0 Å². The Balaban J connectivity index is 2.29. The standard InChI is InChI=1S/C11H8N2O4S2/c14-13(15)10-4-1-3-9(7-10)8-12-19(16,17)11-5-2-6-18-11/h1-8H/b12-8-. The maximum absolute atomic E-state index is 11.8. The summed E-state index contributed by atoms with van der Waals surface area (Å²) in [5.41, 5.74) is 0.242. The zero-order valence-electron chi connectivity index (χ0n) is 9.46. The molecule has 19 heavy (non-hydrogen) atoms. The van der Waals surface area contributed by atoms with Crippen molar-refractivity contribution in [1.82, 2.24) is 0 Å². The Morgan fingerprint density at radius 1 is 1.26 bits per heavy atom. The van der Waals surface area contributed by atoms with Crippen molar-refractivity contribution < 1.29 is 13.3 Å². The lowest BCUT2D eigenvalue weighted by molar-refractivity contribution is -0.384. The number of nitro benzene ring substituents is 1. The Kier molecular flexibility index (Phi) is 3.72. The topological polar surface area (TPSA) is 89.6 Å². The molecule has 0 spiro atoms. The van der Waals surface area contributed by atoms with Gasteiger partial charge in [0.05, 0.1) is 4.92 Å². The summed E-state index contributed by atoms with van der Waals surface area (Å²) >= 11 is 1.06. The zero-order chi connectivity index (χ0) is 13.9. The molecule has 0 aliphatic heterocycles. The van der Waals surface area contributed by atoms with Gasteiger partial charge in [-0.15, -0.1) is 11.3 Å². The Labute approximate surface area is 113 Å². The van der Waals surface area contributed by atoms with Crippen molar-refractivity contribution in [2.24, 2.45) is 4.40 Å². The summed E-state index contributed by atoms with van der Waals surface area (Å²) in [6.45, 7) is 0. The van der Waals surface area contributed by atoms with Gasteiger partial charge >= 0.3 is 0 Å². The number of non-ortho nitro benzene ring substituents is 1. The van der Waals surface area contributed by atoms with Crippen LogP contribution >= 0.6 is 11.3 Å². The summed E-state index contributed by atoms with van der Waals surface area (Å²) in [5.74, 6) is 0. The largest absolute Gasteiger partial charge is 0.291 e. The maximum Gasteiger partial charge on any atom is 0.291 e. The number of hydrogen-bond acceptors (Lipinski definition) is 5. The third-order valence-corrected chi connectivity index (χ3v) is 4.78. The van der Waals surface area contributed by atoms with Gasteiger partial charge < -0.3 is 0 Å². The molecule has 2 aromatic rings. The van der Waals surface area contributed by atoms with Gasteiger partial charge in [-0.05, 0) is 11.4 Å². The molecule has 0 bridgehead atoms. The Hall–Kier alpha value is -2.06. The van der Waals surface area contributed by atoms with Crippen molar-refractivity contribution in [3.05, 3.63) is 57.5 Å². The fourth-order valence-corrected chi connectivity index (χ4v) is 3.16. The second kappa shape index (κ2) is 5.29. The van der Waals surface area contributed by atoms with E-state index in [1.165, 1.54) is 24.3 Å². The van der Waals surface area contributed by atoms with Crippen molar-refractivity contribution >= 4 is 33.3 Å². The third-order valence-electron chi connectivity index (χ3n) is 2.17. The van der Waals surface area contributed by atoms with Crippen LogP contribution in [0.1, 0.15) is 5.56 Å². The second-order valence-corrected chi connectivity index (χ2v) is 6.30. The van der Waals surface area contributed by atoms with Crippen LogP contribution in [0.4, 0.5) is 5.69 Å². The van der Waals surface area contributed by atoms with Gasteiger partial charge in [-0.2, -0.15) is 12.8 Å². The minimum atomic E-state index is -3.73. The number of benzene rings is 1. The summed E-state index contributed by atoms with van der Waals surface area (Å²) in [6.07, 6.45) is 1.10. The van der Waals surface area contributed by atoms with Gasteiger partial charge in [0.25, 0.3) is 15.7 Å². The molecule has 1 heterocycles. The SMILES string of the molecule is O=[N+]([O-])c1cccc(/C=N\S(=O)(=O)c2cccs2)c1. The van der Waals surface area contributed by atoms with E-state index in [4.69, 9.17) is 0 Å². The van der Waals surface area contributed by atoms with Gasteiger partial charge in [0.2, 0.25) is 0 Å². The molecule has 0 saturated carbocycles. The van der Waals surface area contributed by atoms with E-state index in [1.54, 1.807) is 17.5 Å². The van der Waals surface area contributed by atoms with E-state index in [0.717, 1.165) is 17.6 Å². The zero-order valence-corrected chi connectivity index (χ0v) is 11.1. The monoisotopic (exact) mass is 296 g/mol. The number of rotatable bonds is 4. The molecule has 6 nitrogen and oxygen atoms in total. The molecular formula is C11H8N2O4S2. The van der Waals surface area contributed by atoms with Gasteiger partial charge in [-0.3, -0.25) is 10.1 Å².